The lowest BCUT2D eigenvalue weighted by molar-refractivity contribution is 0.483. The summed E-state index contributed by atoms with van der Waals surface area (Å²) in [6.45, 7) is 15.2. The summed E-state index contributed by atoms with van der Waals surface area (Å²) < 4.78 is 8.79. The molecule has 0 aliphatic carbocycles. The molecule has 6 heteroatoms. The smallest absolute Gasteiger partial charge is 0.192 e. The molecule has 1 aliphatic heterocycles. The molecule has 7 aromatic rings. The second kappa shape index (κ2) is 11.1. The second-order valence-electron chi connectivity index (χ2n) is 12.9. The zero-order valence-corrected chi connectivity index (χ0v) is 26.6. The molecule has 0 bridgehead atoms. The summed E-state index contributed by atoms with van der Waals surface area (Å²) in [5.74, 6) is 2.17. The average Bonchev–Trinajstić information content (AvgIpc) is 3.64. The van der Waals surface area contributed by atoms with Gasteiger partial charge in [0.15, 0.2) is 5.69 Å². The van der Waals surface area contributed by atoms with Gasteiger partial charge in [-0.05, 0) is 77.7 Å². The molecule has 1 aliphatic rings. The zero-order valence-electron chi connectivity index (χ0n) is 26.6. The highest BCUT2D eigenvalue weighted by atomic mass is 16.5. The van der Waals surface area contributed by atoms with Gasteiger partial charge in [-0.25, -0.2) is 9.83 Å². The van der Waals surface area contributed by atoms with Gasteiger partial charge in [0.25, 0.3) is 0 Å². The van der Waals surface area contributed by atoms with Crippen molar-refractivity contribution >= 4 is 50.2 Å². The molecule has 0 N–H and O–H groups in total. The number of hydrogen-bond donors (Lipinski definition) is 0. The molecule has 228 valence electrons. The quantitative estimate of drug-likeness (QED) is 0.182. The maximum Gasteiger partial charge on any atom is 0.192 e. The second-order valence-corrected chi connectivity index (χ2v) is 12.9. The third kappa shape index (κ3) is 5.03. The summed E-state index contributed by atoms with van der Waals surface area (Å²) in [4.78, 5) is 13.2. The first-order valence-electron chi connectivity index (χ1n) is 15.8. The van der Waals surface area contributed by atoms with Gasteiger partial charge in [0.2, 0.25) is 0 Å². The van der Waals surface area contributed by atoms with Gasteiger partial charge in [-0.3, -0.25) is 4.57 Å². The van der Waals surface area contributed by atoms with Gasteiger partial charge in [0.05, 0.1) is 29.0 Å². The van der Waals surface area contributed by atoms with Gasteiger partial charge in [-0.2, -0.15) is 0 Å². The first-order chi connectivity index (χ1) is 22.9. The number of anilines is 4. The van der Waals surface area contributed by atoms with Crippen LogP contribution in [0, 0.1) is 6.57 Å². The highest BCUT2D eigenvalue weighted by Crippen LogP contribution is 2.46. The van der Waals surface area contributed by atoms with Crippen LogP contribution in [0.1, 0.15) is 26.3 Å². The third-order valence-electron chi connectivity index (χ3n) is 8.85. The fourth-order valence-corrected chi connectivity index (χ4v) is 6.52. The molecule has 0 atom stereocenters. The number of ether oxygens (including phenoxy) is 1. The summed E-state index contributed by atoms with van der Waals surface area (Å²) in [5, 5.41) is 2.28. The Morgan fingerprint density at radius 2 is 1.36 bits per heavy atom. The molecule has 0 amide bonds. The van der Waals surface area contributed by atoms with Gasteiger partial charge in [-0.1, -0.05) is 69.3 Å². The SMILES string of the molecule is [C-]#[N+]c1cc(Oc2ccc3c4ccccc4n(-c4cc(C(C)(C)C)ccn4)c3c2)cc(N2CN(c3ccccc3)c3ccccc32)c1. The van der Waals surface area contributed by atoms with E-state index in [-0.39, 0.29) is 5.41 Å². The van der Waals surface area contributed by atoms with Crippen molar-refractivity contribution < 1.29 is 4.74 Å². The number of nitrogens with zero attached hydrogens (tertiary/aromatic N) is 5. The van der Waals surface area contributed by atoms with Crippen LogP contribution in [0.25, 0.3) is 32.5 Å². The minimum absolute atomic E-state index is 0.00959. The van der Waals surface area contributed by atoms with Gasteiger partial charge in [-0.15, -0.1) is 0 Å². The maximum atomic E-state index is 7.89. The Kier molecular flexibility index (Phi) is 6.70. The summed E-state index contributed by atoms with van der Waals surface area (Å²) in [6.07, 6.45) is 1.89. The Bertz CT molecular complexity index is 2330. The van der Waals surface area contributed by atoms with E-state index >= 15 is 0 Å². The van der Waals surface area contributed by atoms with Crippen LogP contribution in [-0.4, -0.2) is 16.2 Å². The van der Waals surface area contributed by atoms with E-state index < -0.39 is 0 Å². The van der Waals surface area contributed by atoms with Crippen LogP contribution in [0.3, 0.4) is 0 Å². The van der Waals surface area contributed by atoms with Crippen molar-refractivity contribution in [1.29, 1.82) is 0 Å². The molecule has 0 unspecified atom stereocenters. The van der Waals surface area contributed by atoms with Crippen LogP contribution in [0.15, 0.2) is 134 Å². The highest BCUT2D eigenvalue weighted by Gasteiger charge is 2.28. The molecule has 0 saturated carbocycles. The predicted molar refractivity (Wildman–Crippen MR) is 192 cm³/mol. The Morgan fingerprint density at radius 1 is 0.660 bits per heavy atom. The van der Waals surface area contributed by atoms with Crippen LogP contribution < -0.4 is 14.5 Å². The number of hydrogen-bond acceptors (Lipinski definition) is 4. The van der Waals surface area contributed by atoms with Crippen LogP contribution in [0.4, 0.5) is 28.4 Å². The third-order valence-corrected chi connectivity index (χ3v) is 8.85. The normalized spacial score (nSPS) is 12.8. The molecular formula is C41H33N5O. The molecule has 6 nitrogen and oxygen atoms in total. The molecule has 47 heavy (non-hydrogen) atoms. The summed E-state index contributed by atoms with van der Waals surface area (Å²) in [7, 11) is 0. The number of aromatic nitrogens is 2. The first kappa shape index (κ1) is 28.4. The predicted octanol–water partition coefficient (Wildman–Crippen LogP) is 11.1. The largest absolute Gasteiger partial charge is 0.459 e. The molecule has 8 rings (SSSR count). The number of fused-ring (bicyclic) bond motifs is 4. The van der Waals surface area contributed by atoms with Crippen molar-refractivity contribution in [3.05, 3.63) is 151 Å². The van der Waals surface area contributed by atoms with Crippen LogP contribution in [-0.2, 0) is 5.41 Å². The standard InChI is InChI=1S/C41H33N5O/c1-41(2,3)28-20-21-43-40(22-28)46-36-15-9-8-14-34(36)35-19-18-32(26-39(35)46)47-33-24-29(42-4)23-31(25-33)45-27-44(30-12-6-5-7-13-30)37-16-10-11-17-38(37)45/h5-26H,27H2,1-3H3. The molecule has 5 aromatic carbocycles. The van der Waals surface area contributed by atoms with Gasteiger partial charge < -0.3 is 14.5 Å². The molecule has 0 radical (unpaired) electrons. The highest BCUT2D eigenvalue weighted by molar-refractivity contribution is 6.09. The van der Waals surface area contributed by atoms with E-state index in [4.69, 9.17) is 16.3 Å². The summed E-state index contributed by atoms with van der Waals surface area (Å²) in [6, 6.07) is 43.4. The monoisotopic (exact) mass is 611 g/mol. The number of pyridine rings is 1. The average molecular weight is 612 g/mol. The van der Waals surface area contributed by atoms with Crippen LogP contribution in [0.2, 0.25) is 0 Å². The lowest BCUT2D eigenvalue weighted by atomic mass is 9.88. The maximum absolute atomic E-state index is 7.89. The van der Waals surface area contributed by atoms with E-state index in [0.29, 0.717) is 23.9 Å². The van der Waals surface area contributed by atoms with Gasteiger partial charge >= 0.3 is 0 Å². The Labute approximate surface area is 274 Å². The lowest BCUT2D eigenvalue weighted by Gasteiger charge is -2.23. The molecule has 0 saturated heterocycles. The zero-order chi connectivity index (χ0) is 32.1. The van der Waals surface area contributed by atoms with Gasteiger partial charge in [0.1, 0.15) is 24.0 Å². The minimum Gasteiger partial charge on any atom is -0.459 e. The fraction of sp³-hybridized carbons (Fsp3) is 0.122. The van der Waals surface area contributed by atoms with Crippen LogP contribution in [0.5, 0.6) is 11.5 Å². The number of rotatable bonds is 5. The van der Waals surface area contributed by atoms with Crippen LogP contribution >= 0.6 is 0 Å². The molecule has 3 heterocycles. The topological polar surface area (TPSA) is 37.9 Å². The lowest BCUT2D eigenvalue weighted by Crippen LogP contribution is -2.23. The summed E-state index contributed by atoms with van der Waals surface area (Å²) in [5.41, 5.74) is 8.05. The molecule has 0 fully saturated rings. The molecular weight excluding hydrogens is 578 g/mol. The van der Waals surface area contributed by atoms with Crippen molar-refractivity contribution in [2.75, 3.05) is 16.5 Å². The van der Waals surface area contributed by atoms with E-state index in [2.05, 4.69) is 137 Å². The molecule has 0 spiro atoms. The Balaban J connectivity index is 1.20. The van der Waals surface area contributed by atoms with Gasteiger partial charge in [0, 0.05) is 40.5 Å². The minimum atomic E-state index is -0.00959. The Hall–Kier alpha value is -6.06. The van der Waals surface area contributed by atoms with E-state index in [0.717, 1.165) is 50.4 Å². The van der Waals surface area contributed by atoms with E-state index in [1.807, 2.05) is 36.5 Å². The Morgan fingerprint density at radius 3 is 2.13 bits per heavy atom. The van der Waals surface area contributed by atoms with E-state index in [1.165, 1.54) is 5.56 Å². The first-order valence-corrected chi connectivity index (χ1v) is 15.8. The summed E-state index contributed by atoms with van der Waals surface area (Å²) >= 11 is 0. The van der Waals surface area contributed by atoms with Crippen molar-refractivity contribution in [2.24, 2.45) is 0 Å². The number of para-hydroxylation sites is 4. The number of benzene rings is 5. The van der Waals surface area contributed by atoms with Crippen molar-refractivity contribution in [3.8, 4) is 17.3 Å². The van der Waals surface area contributed by atoms with E-state index in [9.17, 15) is 0 Å². The van der Waals surface area contributed by atoms with Crippen molar-refractivity contribution in [3.63, 3.8) is 0 Å². The van der Waals surface area contributed by atoms with E-state index in [1.54, 1.807) is 0 Å². The molecule has 2 aromatic heterocycles. The fourth-order valence-electron chi connectivity index (χ4n) is 6.52. The van der Waals surface area contributed by atoms with Crippen molar-refractivity contribution in [1.82, 2.24) is 9.55 Å². The van der Waals surface area contributed by atoms with Crippen molar-refractivity contribution in [2.45, 2.75) is 26.2 Å².